The first-order valence-electron chi connectivity index (χ1n) is 23.7. The number of hydrogen-bond acceptors (Lipinski definition) is 7. The summed E-state index contributed by atoms with van der Waals surface area (Å²) < 4.78 is 0. The van der Waals surface area contributed by atoms with E-state index in [0.29, 0.717) is 31.1 Å². The highest BCUT2D eigenvalue weighted by Crippen LogP contribution is 2.70. The predicted molar refractivity (Wildman–Crippen MR) is 218 cm³/mol. The Bertz CT molecular complexity index is 1510. The molecule has 57 heavy (non-hydrogen) atoms. The zero-order valence-electron chi connectivity index (χ0n) is 36.1. The largest absolute Gasteiger partial charge is 0.481 e. The van der Waals surface area contributed by atoms with Crippen LogP contribution in [0.25, 0.3) is 0 Å². The summed E-state index contributed by atoms with van der Waals surface area (Å²) in [5.41, 5.74) is -0.514. The highest BCUT2D eigenvalue weighted by atomic mass is 16.4. The summed E-state index contributed by atoms with van der Waals surface area (Å²) in [4.78, 5) is 25.0. The van der Waals surface area contributed by atoms with Crippen LogP contribution < -0.4 is 5.32 Å². The van der Waals surface area contributed by atoms with Crippen LogP contribution in [0.3, 0.4) is 0 Å². The van der Waals surface area contributed by atoms with E-state index in [2.05, 4.69) is 46.9 Å². The van der Waals surface area contributed by atoms with Crippen molar-refractivity contribution in [3.8, 4) is 0 Å². The highest BCUT2D eigenvalue weighted by Gasteiger charge is 2.67. The van der Waals surface area contributed by atoms with Crippen LogP contribution in [-0.2, 0) is 9.59 Å². The lowest BCUT2D eigenvalue weighted by Gasteiger charge is -2.63. The molecular formula is C48H79NO8. The van der Waals surface area contributed by atoms with Crippen molar-refractivity contribution < 1.29 is 40.2 Å². The minimum Gasteiger partial charge on any atom is -0.481 e. The quantitative estimate of drug-likeness (QED) is 0.132. The molecule has 0 aromatic carbocycles. The smallest absolute Gasteiger partial charge is 0.303 e. The Kier molecular flexibility index (Phi) is 11.4. The molecule has 8 aliphatic rings. The van der Waals surface area contributed by atoms with Gasteiger partial charge in [-0.1, -0.05) is 41.5 Å². The number of carbonyl (C=O) groups is 2. The first-order chi connectivity index (χ1) is 26.8. The van der Waals surface area contributed by atoms with Crippen molar-refractivity contribution in [2.45, 2.75) is 194 Å². The summed E-state index contributed by atoms with van der Waals surface area (Å²) in [5, 5.41) is 70.8. The maximum atomic E-state index is 13.7. The molecule has 1 amide bonds. The Morgan fingerprint density at radius 2 is 1.07 bits per heavy atom. The summed E-state index contributed by atoms with van der Waals surface area (Å²) >= 11 is 0. The Balaban J connectivity index is 0.867. The first kappa shape index (κ1) is 42.4. The molecule has 0 radical (unpaired) electrons. The first-order valence-corrected chi connectivity index (χ1v) is 23.7. The molecular weight excluding hydrogens is 719 g/mol. The molecule has 8 fully saturated rings. The van der Waals surface area contributed by atoms with Gasteiger partial charge in [0, 0.05) is 18.9 Å². The molecule has 0 spiro atoms. The third-order valence-electron chi connectivity index (χ3n) is 21.1. The summed E-state index contributed by atoms with van der Waals surface area (Å²) in [5.74, 6) is 2.37. The predicted octanol–water partition coefficient (Wildman–Crippen LogP) is 6.95. The molecule has 0 bridgehead atoms. The van der Waals surface area contributed by atoms with Crippen molar-refractivity contribution in [1.82, 2.24) is 5.32 Å². The average Bonchev–Trinajstić information content (AvgIpc) is 3.70. The van der Waals surface area contributed by atoms with Crippen molar-refractivity contribution in [2.24, 2.45) is 92.7 Å². The fraction of sp³-hybridized carbons (Fsp3) is 0.958. The SMILES string of the molecule is C[C@H](CCC(=O)O)[C@H]1CCC2[C@@H]3[C@H](O)C[C@@H]4C[C@@H](NC(=O)CC[C@@H](C)[C@H]5CC[C@H]6[C@@H]7[C@H](O)C[C@@H]8C[C@H](O)CC[C@]8(C)[C@H]7C[C@H](O)[C@]56C)CC[C@]4(C)[C@H]3C[C@H](O)[C@@]21C. The highest BCUT2D eigenvalue weighted by molar-refractivity contribution is 5.76. The third-order valence-corrected chi connectivity index (χ3v) is 21.1. The molecule has 0 saturated heterocycles. The summed E-state index contributed by atoms with van der Waals surface area (Å²) in [6.45, 7) is 13.7. The van der Waals surface area contributed by atoms with Crippen LogP contribution in [0.5, 0.6) is 0 Å². The summed E-state index contributed by atoms with van der Waals surface area (Å²) in [7, 11) is 0. The van der Waals surface area contributed by atoms with Crippen LogP contribution in [0.4, 0.5) is 0 Å². The molecule has 0 heterocycles. The summed E-state index contributed by atoms with van der Waals surface area (Å²) in [6, 6.07) is 0.0868. The molecule has 0 aromatic rings. The number of aliphatic hydroxyl groups is 5. The lowest BCUT2D eigenvalue weighted by atomic mass is 9.43. The second-order valence-electron chi connectivity index (χ2n) is 23.1. The van der Waals surface area contributed by atoms with Gasteiger partial charge in [0.25, 0.3) is 0 Å². The molecule has 9 nitrogen and oxygen atoms in total. The van der Waals surface area contributed by atoms with Gasteiger partial charge in [-0.15, -0.1) is 0 Å². The number of amides is 1. The molecule has 7 N–H and O–H groups in total. The van der Waals surface area contributed by atoms with Crippen LogP contribution in [-0.4, -0.2) is 79.1 Å². The van der Waals surface area contributed by atoms with Crippen molar-refractivity contribution in [2.75, 3.05) is 0 Å². The Labute approximate surface area is 342 Å². The minimum atomic E-state index is -0.764. The molecule has 22 atom stereocenters. The van der Waals surface area contributed by atoms with Crippen LogP contribution in [0.1, 0.15) is 157 Å². The monoisotopic (exact) mass is 798 g/mol. The third kappa shape index (κ3) is 6.70. The number of aliphatic hydroxyl groups excluding tert-OH is 5. The minimum absolute atomic E-state index is 0.00569. The molecule has 0 aromatic heterocycles. The van der Waals surface area contributed by atoms with Gasteiger partial charge in [-0.25, -0.2) is 0 Å². The second-order valence-corrected chi connectivity index (χ2v) is 23.1. The number of aliphatic carboxylic acids is 1. The van der Waals surface area contributed by atoms with Gasteiger partial charge in [-0.05, 0) is 195 Å². The Hall–Kier alpha value is -1.26. The van der Waals surface area contributed by atoms with Gasteiger partial charge < -0.3 is 36.0 Å². The molecule has 8 aliphatic carbocycles. The van der Waals surface area contributed by atoms with E-state index in [-0.39, 0.29) is 111 Å². The fourth-order valence-corrected chi connectivity index (χ4v) is 17.8. The fourth-order valence-electron chi connectivity index (χ4n) is 17.8. The number of carboxylic acid groups (broad SMARTS) is 1. The van der Waals surface area contributed by atoms with Gasteiger partial charge in [-0.2, -0.15) is 0 Å². The number of nitrogens with one attached hydrogen (secondary N) is 1. The van der Waals surface area contributed by atoms with Crippen LogP contribution in [0, 0.1) is 92.7 Å². The van der Waals surface area contributed by atoms with E-state index >= 15 is 0 Å². The van der Waals surface area contributed by atoms with Crippen molar-refractivity contribution >= 4 is 11.9 Å². The van der Waals surface area contributed by atoms with Crippen LogP contribution in [0.15, 0.2) is 0 Å². The van der Waals surface area contributed by atoms with Crippen LogP contribution >= 0.6 is 0 Å². The lowest BCUT2D eigenvalue weighted by Crippen LogP contribution is -2.63. The maximum absolute atomic E-state index is 13.7. The molecule has 324 valence electrons. The number of carbonyl (C=O) groups excluding carboxylic acids is 1. The molecule has 8 saturated carbocycles. The van der Waals surface area contributed by atoms with Crippen LogP contribution in [0.2, 0.25) is 0 Å². The molecule has 1 unspecified atom stereocenters. The molecule has 9 heteroatoms. The zero-order chi connectivity index (χ0) is 41.0. The number of hydrogen-bond donors (Lipinski definition) is 7. The van der Waals surface area contributed by atoms with Gasteiger partial charge in [0.1, 0.15) is 0 Å². The van der Waals surface area contributed by atoms with E-state index in [1.54, 1.807) is 0 Å². The van der Waals surface area contributed by atoms with Gasteiger partial charge in [0.2, 0.25) is 5.91 Å². The van der Waals surface area contributed by atoms with Gasteiger partial charge in [0.05, 0.1) is 30.5 Å². The van der Waals surface area contributed by atoms with Gasteiger partial charge in [-0.3, -0.25) is 9.59 Å². The average molecular weight is 798 g/mol. The van der Waals surface area contributed by atoms with E-state index in [1.165, 1.54) is 0 Å². The zero-order valence-corrected chi connectivity index (χ0v) is 36.1. The number of rotatable bonds is 9. The van der Waals surface area contributed by atoms with Crippen molar-refractivity contribution in [3.05, 3.63) is 0 Å². The summed E-state index contributed by atoms with van der Waals surface area (Å²) in [6.07, 6.45) is 12.3. The van der Waals surface area contributed by atoms with E-state index in [1.807, 2.05) is 0 Å². The van der Waals surface area contributed by atoms with E-state index in [9.17, 15) is 40.2 Å². The number of carboxylic acids is 1. The van der Waals surface area contributed by atoms with Gasteiger partial charge in [0.15, 0.2) is 0 Å². The number of fused-ring (bicyclic) bond motifs is 10. The normalized spacial score (nSPS) is 53.9. The van der Waals surface area contributed by atoms with E-state index in [0.717, 1.165) is 89.9 Å². The standard InChI is InChI=1S/C48H79NO8/c1-25(31-9-11-34-44-36(24-40(54)47(31,34)5)46(4)18-16-30(50)20-28(46)22-38(44)52)7-13-41(55)49-29-15-17-45(3)27(19-29)21-37(51)43-33-12-10-32(26(2)8-14-42(56)57)48(33,6)39(53)23-35(43)45/h25-40,43-44,50-54H,7-24H2,1-6H3,(H,49,55)(H,56,57)/t25-,26-,27+,28+,29+,30-,31-,32-,33?,34+,35+,36+,37-,38-,39+,40+,43+,44+,45+,46+,47-,48-/m1/s1. The van der Waals surface area contributed by atoms with E-state index in [4.69, 9.17) is 0 Å². The topological polar surface area (TPSA) is 168 Å². The maximum Gasteiger partial charge on any atom is 0.303 e. The Morgan fingerprint density at radius 3 is 1.58 bits per heavy atom. The molecule has 8 rings (SSSR count). The van der Waals surface area contributed by atoms with Crippen molar-refractivity contribution in [3.63, 3.8) is 0 Å². The lowest BCUT2D eigenvalue weighted by molar-refractivity contribution is -0.207. The Morgan fingerprint density at radius 1 is 0.596 bits per heavy atom. The molecule has 0 aliphatic heterocycles. The van der Waals surface area contributed by atoms with E-state index < -0.39 is 24.3 Å². The van der Waals surface area contributed by atoms with Gasteiger partial charge >= 0.3 is 5.97 Å². The van der Waals surface area contributed by atoms with Crippen molar-refractivity contribution in [1.29, 1.82) is 0 Å². The second kappa shape index (κ2) is 15.3.